The smallest absolute Gasteiger partial charge is 0.225 e. The zero-order chi connectivity index (χ0) is 21.2. The van der Waals surface area contributed by atoms with E-state index in [2.05, 4.69) is 19.8 Å². The van der Waals surface area contributed by atoms with Crippen LogP contribution in [-0.4, -0.2) is 50.8 Å². The Morgan fingerprint density at radius 2 is 1.81 bits per heavy atom. The van der Waals surface area contributed by atoms with Gasteiger partial charge in [0.1, 0.15) is 17.3 Å². The number of aromatic nitrogens is 4. The van der Waals surface area contributed by atoms with Crippen molar-refractivity contribution in [2.45, 2.75) is 13.5 Å². The lowest BCUT2D eigenvalue weighted by molar-refractivity contribution is 0.249. The van der Waals surface area contributed by atoms with E-state index < -0.39 is 0 Å². The highest BCUT2D eigenvalue weighted by Gasteiger charge is 2.22. The predicted molar refractivity (Wildman–Crippen MR) is 115 cm³/mol. The van der Waals surface area contributed by atoms with Gasteiger partial charge in [-0.15, -0.1) is 0 Å². The second-order valence-electron chi connectivity index (χ2n) is 7.65. The second kappa shape index (κ2) is 8.31. The Morgan fingerprint density at radius 3 is 2.52 bits per heavy atom. The monoisotopic (exact) mass is 418 g/mol. The van der Waals surface area contributed by atoms with Crippen molar-refractivity contribution < 1.29 is 8.81 Å². The molecule has 0 amide bonds. The largest absolute Gasteiger partial charge is 0.460 e. The molecule has 0 aliphatic carbocycles. The summed E-state index contributed by atoms with van der Waals surface area (Å²) in [5.74, 6) is 2.04. The Morgan fingerprint density at radius 1 is 1.00 bits per heavy atom. The van der Waals surface area contributed by atoms with Crippen molar-refractivity contribution >= 4 is 5.95 Å². The molecule has 1 aromatic carbocycles. The van der Waals surface area contributed by atoms with E-state index >= 15 is 0 Å². The third-order valence-corrected chi connectivity index (χ3v) is 5.44. The predicted octanol–water partition coefficient (Wildman–Crippen LogP) is 3.69. The topological polar surface area (TPSA) is 63.2 Å². The highest BCUT2D eigenvalue weighted by molar-refractivity contribution is 5.58. The van der Waals surface area contributed by atoms with Crippen molar-refractivity contribution in [3.63, 3.8) is 0 Å². The van der Waals surface area contributed by atoms with E-state index in [0.29, 0.717) is 5.69 Å². The van der Waals surface area contributed by atoms with Gasteiger partial charge in [0, 0.05) is 56.9 Å². The lowest BCUT2D eigenvalue weighted by Crippen LogP contribution is -2.46. The molecule has 158 valence electrons. The van der Waals surface area contributed by atoms with E-state index in [0.717, 1.165) is 61.4 Å². The fourth-order valence-electron chi connectivity index (χ4n) is 3.85. The molecule has 1 saturated heterocycles. The molecule has 0 saturated carbocycles. The summed E-state index contributed by atoms with van der Waals surface area (Å²) in [5.41, 5.74) is 2.51. The maximum atomic E-state index is 13.8. The minimum Gasteiger partial charge on any atom is -0.460 e. The van der Waals surface area contributed by atoms with E-state index in [1.807, 2.05) is 37.4 Å². The Balaban J connectivity index is 1.38. The van der Waals surface area contributed by atoms with Gasteiger partial charge in [-0.1, -0.05) is 6.07 Å². The van der Waals surface area contributed by atoms with Crippen molar-refractivity contribution in [2.24, 2.45) is 0 Å². The van der Waals surface area contributed by atoms with Crippen LogP contribution in [0, 0.1) is 12.7 Å². The molecule has 4 heterocycles. The highest BCUT2D eigenvalue weighted by Crippen LogP contribution is 2.27. The Hall–Kier alpha value is -3.52. The summed E-state index contributed by atoms with van der Waals surface area (Å²) in [6.07, 6.45) is 5.51. The van der Waals surface area contributed by atoms with E-state index in [1.54, 1.807) is 23.1 Å². The van der Waals surface area contributed by atoms with Crippen LogP contribution in [0.2, 0.25) is 0 Å². The van der Waals surface area contributed by atoms with Gasteiger partial charge in [-0.25, -0.2) is 19.0 Å². The van der Waals surface area contributed by atoms with Gasteiger partial charge in [-0.05, 0) is 43.3 Å². The number of nitrogens with zero attached hydrogens (tertiary/aromatic N) is 6. The van der Waals surface area contributed by atoms with Gasteiger partial charge in [-0.3, -0.25) is 4.90 Å². The molecule has 0 unspecified atom stereocenters. The molecule has 0 bridgehead atoms. The fourth-order valence-corrected chi connectivity index (χ4v) is 3.85. The van der Waals surface area contributed by atoms with Crippen LogP contribution in [0.15, 0.2) is 65.5 Å². The van der Waals surface area contributed by atoms with Crippen molar-refractivity contribution in [3.8, 4) is 17.1 Å². The minimum absolute atomic E-state index is 0.288. The lowest BCUT2D eigenvalue weighted by Gasteiger charge is -2.34. The van der Waals surface area contributed by atoms with Crippen LogP contribution in [-0.2, 0) is 6.54 Å². The molecule has 4 aromatic rings. The van der Waals surface area contributed by atoms with Gasteiger partial charge in [0.2, 0.25) is 5.95 Å². The zero-order valence-electron chi connectivity index (χ0n) is 17.3. The molecule has 1 aliphatic heterocycles. The van der Waals surface area contributed by atoms with Gasteiger partial charge in [0.25, 0.3) is 0 Å². The van der Waals surface area contributed by atoms with Crippen LogP contribution in [0.5, 0.6) is 0 Å². The number of furan rings is 1. The Labute approximate surface area is 179 Å². The number of benzene rings is 1. The first-order valence-electron chi connectivity index (χ1n) is 10.3. The standard InChI is InChI=1S/C23H23FN6O/c1-17-6-7-21(31-17)22-18(16-30(27-22)20-5-2-4-19(24)14-20)15-28-10-12-29(13-11-28)23-25-8-3-9-26-23/h2-9,14,16H,10-13,15H2,1H3. The van der Waals surface area contributed by atoms with Crippen LogP contribution in [0.3, 0.4) is 0 Å². The second-order valence-corrected chi connectivity index (χ2v) is 7.65. The fraction of sp³-hybridized carbons (Fsp3) is 0.261. The van der Waals surface area contributed by atoms with E-state index in [-0.39, 0.29) is 5.82 Å². The normalized spacial score (nSPS) is 14.8. The van der Waals surface area contributed by atoms with Gasteiger partial charge in [0.15, 0.2) is 5.76 Å². The zero-order valence-corrected chi connectivity index (χ0v) is 17.3. The van der Waals surface area contributed by atoms with Crippen LogP contribution < -0.4 is 4.90 Å². The molecule has 7 nitrogen and oxygen atoms in total. The first-order valence-corrected chi connectivity index (χ1v) is 10.3. The summed E-state index contributed by atoms with van der Waals surface area (Å²) in [6.45, 7) is 6.14. The highest BCUT2D eigenvalue weighted by atomic mass is 19.1. The van der Waals surface area contributed by atoms with Crippen LogP contribution >= 0.6 is 0 Å². The molecule has 0 N–H and O–H groups in total. The maximum absolute atomic E-state index is 13.8. The van der Waals surface area contributed by atoms with Crippen molar-refractivity contribution in [3.05, 3.63) is 78.2 Å². The molecule has 8 heteroatoms. The maximum Gasteiger partial charge on any atom is 0.225 e. The molecule has 1 aliphatic rings. The number of aryl methyl sites for hydroxylation is 1. The lowest BCUT2D eigenvalue weighted by atomic mass is 10.2. The molecular formula is C23H23FN6O. The van der Waals surface area contributed by atoms with Crippen LogP contribution in [0.4, 0.5) is 10.3 Å². The number of anilines is 1. The number of rotatable bonds is 5. The summed E-state index contributed by atoms with van der Waals surface area (Å²) in [5, 5.41) is 4.73. The Bertz CT molecular complexity index is 1160. The number of halogens is 1. The van der Waals surface area contributed by atoms with E-state index in [1.165, 1.54) is 12.1 Å². The quantitative estimate of drug-likeness (QED) is 0.493. The van der Waals surface area contributed by atoms with Crippen molar-refractivity contribution in [1.29, 1.82) is 0 Å². The summed E-state index contributed by atoms with van der Waals surface area (Å²) >= 11 is 0. The van der Waals surface area contributed by atoms with Crippen LogP contribution in [0.1, 0.15) is 11.3 Å². The number of hydrogen-bond donors (Lipinski definition) is 0. The summed E-state index contributed by atoms with van der Waals surface area (Å²) in [4.78, 5) is 13.3. The number of hydrogen-bond acceptors (Lipinski definition) is 6. The molecule has 1 fully saturated rings. The van der Waals surface area contributed by atoms with E-state index in [9.17, 15) is 4.39 Å². The van der Waals surface area contributed by atoms with Gasteiger partial charge in [-0.2, -0.15) is 5.10 Å². The third kappa shape index (κ3) is 4.20. The molecule has 3 aromatic heterocycles. The molecule has 0 atom stereocenters. The number of piperazine rings is 1. The van der Waals surface area contributed by atoms with Crippen LogP contribution in [0.25, 0.3) is 17.1 Å². The average molecular weight is 418 g/mol. The van der Waals surface area contributed by atoms with Gasteiger partial charge in [0.05, 0.1) is 5.69 Å². The Kier molecular flexibility index (Phi) is 5.21. The molecular weight excluding hydrogens is 395 g/mol. The summed E-state index contributed by atoms with van der Waals surface area (Å²) in [6, 6.07) is 12.1. The summed E-state index contributed by atoms with van der Waals surface area (Å²) < 4.78 is 21.3. The summed E-state index contributed by atoms with van der Waals surface area (Å²) in [7, 11) is 0. The average Bonchev–Trinajstić information content (AvgIpc) is 3.41. The molecule has 5 rings (SSSR count). The minimum atomic E-state index is -0.288. The third-order valence-electron chi connectivity index (χ3n) is 5.44. The van der Waals surface area contributed by atoms with Crippen molar-refractivity contribution in [1.82, 2.24) is 24.6 Å². The molecule has 0 spiro atoms. The van der Waals surface area contributed by atoms with Gasteiger partial charge >= 0.3 is 0 Å². The van der Waals surface area contributed by atoms with Gasteiger partial charge < -0.3 is 9.32 Å². The first-order chi connectivity index (χ1) is 15.2. The first kappa shape index (κ1) is 19.4. The molecule has 0 radical (unpaired) electrons. The van der Waals surface area contributed by atoms with Crippen molar-refractivity contribution in [2.75, 3.05) is 31.1 Å². The van der Waals surface area contributed by atoms with E-state index in [4.69, 9.17) is 9.52 Å². The molecule has 31 heavy (non-hydrogen) atoms. The SMILES string of the molecule is Cc1ccc(-c2nn(-c3cccc(F)c3)cc2CN2CCN(c3ncccn3)CC2)o1.